The van der Waals surface area contributed by atoms with Crippen LogP contribution in [0.15, 0.2) is 42.5 Å². The van der Waals surface area contributed by atoms with Gasteiger partial charge in [0.2, 0.25) is 0 Å². The van der Waals surface area contributed by atoms with Crippen molar-refractivity contribution in [1.82, 2.24) is 10.8 Å². The summed E-state index contributed by atoms with van der Waals surface area (Å²) in [5.74, 6) is -1.35. The molecule has 0 saturated heterocycles. The molecule has 0 fully saturated rings. The molecule has 0 heterocycles. The summed E-state index contributed by atoms with van der Waals surface area (Å²) in [6, 6.07) is 12.2. The molecule has 4 N–H and O–H groups in total. The summed E-state index contributed by atoms with van der Waals surface area (Å²) in [5, 5.41) is 20.7. The Labute approximate surface area is 139 Å². The van der Waals surface area contributed by atoms with Crippen LogP contribution in [0.4, 0.5) is 0 Å². The SMILES string of the molecule is C[C@@H](O)[C@H](NC(=O)c1ccc2c(c1)Cc1ccccc1-2)C(=O)NO. The quantitative estimate of drug-likeness (QED) is 0.428. The normalized spacial score (nSPS) is 14.3. The standard InChI is InChI=1S/C18H18N2O4/c1-10(21)16(18(23)20-24)19-17(22)12-6-7-15-13(9-12)8-11-4-2-3-5-14(11)15/h2-7,9-10,16,21,24H,8H2,1H3,(H,19,22)(H,20,23)/t10-,16+/m1/s1. The molecule has 2 atom stereocenters. The van der Waals surface area contributed by atoms with Crippen LogP contribution in [0.25, 0.3) is 11.1 Å². The molecule has 6 heteroatoms. The topological polar surface area (TPSA) is 98.7 Å². The van der Waals surface area contributed by atoms with Crippen molar-refractivity contribution in [3.05, 3.63) is 59.2 Å². The Morgan fingerprint density at radius 2 is 1.79 bits per heavy atom. The van der Waals surface area contributed by atoms with Crippen LogP contribution in [0.1, 0.15) is 28.4 Å². The number of carbonyl (C=O) groups excluding carboxylic acids is 2. The molecule has 0 bridgehead atoms. The van der Waals surface area contributed by atoms with Crippen LogP contribution >= 0.6 is 0 Å². The summed E-state index contributed by atoms with van der Waals surface area (Å²) in [4.78, 5) is 23.9. The Kier molecular flexibility index (Phi) is 4.33. The molecular weight excluding hydrogens is 308 g/mol. The van der Waals surface area contributed by atoms with Gasteiger partial charge >= 0.3 is 0 Å². The third-order valence-electron chi connectivity index (χ3n) is 4.22. The smallest absolute Gasteiger partial charge is 0.268 e. The van der Waals surface area contributed by atoms with Gasteiger partial charge in [-0.1, -0.05) is 30.3 Å². The number of nitrogens with one attached hydrogen (secondary N) is 2. The van der Waals surface area contributed by atoms with E-state index in [4.69, 9.17) is 5.21 Å². The maximum atomic E-state index is 12.4. The molecule has 1 aliphatic carbocycles. The maximum absolute atomic E-state index is 12.4. The average molecular weight is 326 g/mol. The Bertz CT molecular complexity index is 801. The van der Waals surface area contributed by atoms with Crippen molar-refractivity contribution in [1.29, 1.82) is 0 Å². The molecule has 0 unspecified atom stereocenters. The number of hydrogen-bond donors (Lipinski definition) is 4. The highest BCUT2D eigenvalue weighted by molar-refractivity contribution is 5.98. The minimum atomic E-state index is -1.23. The highest BCUT2D eigenvalue weighted by atomic mass is 16.5. The van der Waals surface area contributed by atoms with Gasteiger partial charge in [-0.2, -0.15) is 0 Å². The first-order chi connectivity index (χ1) is 11.5. The van der Waals surface area contributed by atoms with Gasteiger partial charge in [0.25, 0.3) is 11.8 Å². The highest BCUT2D eigenvalue weighted by Gasteiger charge is 2.26. The molecule has 0 radical (unpaired) electrons. The van der Waals surface area contributed by atoms with E-state index in [1.54, 1.807) is 12.1 Å². The van der Waals surface area contributed by atoms with Gasteiger partial charge in [0.1, 0.15) is 6.04 Å². The highest BCUT2D eigenvalue weighted by Crippen LogP contribution is 2.36. The molecule has 2 amide bonds. The van der Waals surface area contributed by atoms with Crippen LogP contribution < -0.4 is 10.8 Å². The lowest BCUT2D eigenvalue weighted by atomic mass is 10.0. The van der Waals surface area contributed by atoms with E-state index in [1.165, 1.54) is 23.5 Å². The number of hydroxylamine groups is 1. The van der Waals surface area contributed by atoms with Crippen LogP contribution in [-0.4, -0.2) is 34.3 Å². The summed E-state index contributed by atoms with van der Waals surface area (Å²) in [6.45, 7) is 1.36. The molecule has 6 nitrogen and oxygen atoms in total. The predicted molar refractivity (Wildman–Crippen MR) is 87.5 cm³/mol. The molecular formula is C18H18N2O4. The lowest BCUT2D eigenvalue weighted by Gasteiger charge is -2.19. The number of benzene rings is 2. The number of hydrogen-bond acceptors (Lipinski definition) is 4. The van der Waals surface area contributed by atoms with E-state index >= 15 is 0 Å². The summed E-state index contributed by atoms with van der Waals surface area (Å²) >= 11 is 0. The van der Waals surface area contributed by atoms with Crippen molar-refractivity contribution in [3.8, 4) is 11.1 Å². The minimum Gasteiger partial charge on any atom is -0.391 e. The minimum absolute atomic E-state index is 0.401. The molecule has 0 aliphatic heterocycles. The summed E-state index contributed by atoms with van der Waals surface area (Å²) in [6.07, 6.45) is -0.386. The maximum Gasteiger partial charge on any atom is 0.268 e. The largest absolute Gasteiger partial charge is 0.391 e. The summed E-state index contributed by atoms with van der Waals surface area (Å²) < 4.78 is 0. The van der Waals surface area contributed by atoms with Crippen molar-refractivity contribution < 1.29 is 19.9 Å². The van der Waals surface area contributed by atoms with Crippen LogP contribution in [-0.2, 0) is 11.2 Å². The van der Waals surface area contributed by atoms with E-state index in [0.717, 1.165) is 17.5 Å². The van der Waals surface area contributed by atoms with Gasteiger partial charge < -0.3 is 10.4 Å². The van der Waals surface area contributed by atoms with Crippen LogP contribution in [0, 0.1) is 0 Å². The van der Waals surface area contributed by atoms with E-state index in [2.05, 4.69) is 17.4 Å². The van der Waals surface area contributed by atoms with Crippen LogP contribution in [0.3, 0.4) is 0 Å². The van der Waals surface area contributed by atoms with E-state index in [0.29, 0.717) is 5.56 Å². The lowest BCUT2D eigenvalue weighted by molar-refractivity contribution is -0.133. The molecule has 2 aromatic carbocycles. The molecule has 124 valence electrons. The van der Waals surface area contributed by atoms with Crippen molar-refractivity contribution in [2.45, 2.75) is 25.5 Å². The van der Waals surface area contributed by atoms with E-state index in [9.17, 15) is 14.7 Å². The zero-order valence-corrected chi connectivity index (χ0v) is 13.1. The van der Waals surface area contributed by atoms with Crippen molar-refractivity contribution in [2.24, 2.45) is 0 Å². The fourth-order valence-corrected chi connectivity index (χ4v) is 2.99. The summed E-state index contributed by atoms with van der Waals surface area (Å²) in [7, 11) is 0. The molecule has 2 aromatic rings. The number of carbonyl (C=O) groups is 2. The Hall–Kier alpha value is -2.70. The number of aliphatic hydroxyl groups is 1. The first-order valence-corrected chi connectivity index (χ1v) is 7.65. The van der Waals surface area contributed by atoms with Gasteiger partial charge in [-0.05, 0) is 47.7 Å². The molecule has 1 aliphatic rings. The molecule has 0 spiro atoms. The second-order valence-corrected chi connectivity index (χ2v) is 5.87. The third-order valence-corrected chi connectivity index (χ3v) is 4.22. The number of amides is 2. The first-order valence-electron chi connectivity index (χ1n) is 7.65. The second-order valence-electron chi connectivity index (χ2n) is 5.87. The van der Waals surface area contributed by atoms with Crippen molar-refractivity contribution >= 4 is 11.8 Å². The van der Waals surface area contributed by atoms with E-state index in [-0.39, 0.29) is 0 Å². The van der Waals surface area contributed by atoms with E-state index < -0.39 is 24.0 Å². The summed E-state index contributed by atoms with van der Waals surface area (Å²) in [5.41, 5.74) is 6.37. The Balaban J connectivity index is 1.83. The van der Waals surface area contributed by atoms with Crippen LogP contribution in [0.2, 0.25) is 0 Å². The Morgan fingerprint density at radius 1 is 1.08 bits per heavy atom. The van der Waals surface area contributed by atoms with Gasteiger partial charge in [0.15, 0.2) is 0 Å². The number of fused-ring (bicyclic) bond motifs is 3. The zero-order valence-electron chi connectivity index (χ0n) is 13.1. The first kappa shape index (κ1) is 16.2. The lowest BCUT2D eigenvalue weighted by Crippen LogP contribution is -2.51. The monoisotopic (exact) mass is 326 g/mol. The number of aliphatic hydroxyl groups excluding tert-OH is 1. The fraction of sp³-hybridized carbons (Fsp3) is 0.222. The molecule has 0 aromatic heterocycles. The van der Waals surface area contributed by atoms with Crippen molar-refractivity contribution in [3.63, 3.8) is 0 Å². The fourth-order valence-electron chi connectivity index (χ4n) is 2.99. The zero-order chi connectivity index (χ0) is 17.3. The van der Waals surface area contributed by atoms with Gasteiger partial charge in [-0.3, -0.25) is 14.8 Å². The van der Waals surface area contributed by atoms with Gasteiger partial charge in [-0.15, -0.1) is 0 Å². The van der Waals surface area contributed by atoms with Crippen molar-refractivity contribution in [2.75, 3.05) is 0 Å². The van der Waals surface area contributed by atoms with Crippen LogP contribution in [0.5, 0.6) is 0 Å². The van der Waals surface area contributed by atoms with Gasteiger partial charge in [0, 0.05) is 5.56 Å². The molecule has 3 rings (SSSR count). The average Bonchev–Trinajstić information content (AvgIpc) is 2.96. The van der Waals surface area contributed by atoms with E-state index in [1.807, 2.05) is 18.2 Å². The number of rotatable bonds is 4. The molecule has 0 saturated carbocycles. The van der Waals surface area contributed by atoms with Gasteiger partial charge in [-0.25, -0.2) is 5.48 Å². The Morgan fingerprint density at radius 3 is 2.50 bits per heavy atom. The van der Waals surface area contributed by atoms with Gasteiger partial charge in [0.05, 0.1) is 6.10 Å². The third kappa shape index (κ3) is 2.89. The second kappa shape index (κ2) is 6.43. The molecule has 24 heavy (non-hydrogen) atoms. The predicted octanol–water partition coefficient (Wildman–Crippen LogP) is 1.24.